The zero-order valence-electron chi connectivity index (χ0n) is 37.6. The Morgan fingerprint density at radius 2 is 0.925 bits per heavy atom. The van der Waals surface area contributed by atoms with Crippen LogP contribution in [0.2, 0.25) is 0 Å². The monoisotopic (exact) mass is 866 g/mol. The summed E-state index contributed by atoms with van der Waals surface area (Å²) in [5, 5.41) is 4.50. The van der Waals surface area contributed by atoms with Crippen LogP contribution < -0.4 is 35.7 Å². The molecule has 7 heteroatoms. The van der Waals surface area contributed by atoms with Crippen molar-refractivity contribution >= 4 is 101 Å². The number of para-hydroxylation sites is 2. The maximum absolute atomic E-state index is 6.43. The number of aryl methyl sites for hydroxylation is 1. The Morgan fingerprint density at radius 3 is 1.55 bits per heavy atom. The molecule has 11 aromatic rings. The van der Waals surface area contributed by atoms with Crippen LogP contribution in [-0.2, 0) is 5.41 Å². The second-order valence-electron chi connectivity index (χ2n) is 19.3. The topological polar surface area (TPSA) is 51.2 Å². The minimum Gasteiger partial charge on any atom is -0.456 e. The molecule has 3 aliphatic rings. The maximum Gasteiger partial charge on any atom is 0.252 e. The van der Waals surface area contributed by atoms with E-state index in [9.17, 15) is 0 Å². The second kappa shape index (κ2) is 13.9. The lowest BCUT2D eigenvalue weighted by molar-refractivity contribution is 0.174. The number of ether oxygens (including phenoxy) is 2. The van der Waals surface area contributed by atoms with Gasteiger partial charge in [-0.1, -0.05) is 106 Å². The first-order valence-corrected chi connectivity index (χ1v) is 23.1. The van der Waals surface area contributed by atoms with Crippen molar-refractivity contribution in [3.05, 3.63) is 187 Å². The van der Waals surface area contributed by atoms with Crippen molar-refractivity contribution in [2.24, 2.45) is 0 Å². The van der Waals surface area contributed by atoms with Gasteiger partial charge in [-0.2, -0.15) is 0 Å². The number of hydrogen-bond donors (Lipinski definition) is 0. The van der Waals surface area contributed by atoms with Crippen LogP contribution in [0, 0.1) is 6.92 Å². The minimum atomic E-state index is -0.115. The van der Waals surface area contributed by atoms with Crippen LogP contribution in [0.1, 0.15) is 31.9 Å². The number of anilines is 6. The number of fused-ring (bicyclic) bond motifs is 11. The van der Waals surface area contributed by atoms with E-state index in [4.69, 9.17) is 18.3 Å². The van der Waals surface area contributed by atoms with Crippen molar-refractivity contribution in [2.45, 2.75) is 33.1 Å². The van der Waals surface area contributed by atoms with E-state index in [1.165, 1.54) is 27.5 Å². The smallest absolute Gasteiger partial charge is 0.252 e. The molecule has 5 heterocycles. The summed E-state index contributed by atoms with van der Waals surface area (Å²) in [6.45, 7) is 9.09. The molecule has 0 unspecified atom stereocenters. The lowest BCUT2D eigenvalue weighted by Gasteiger charge is -2.44. The van der Waals surface area contributed by atoms with Crippen molar-refractivity contribution in [1.82, 2.24) is 0 Å². The molecular formula is C60H43BN2O4. The standard InChI is InChI=1S/C60H43BN2O4/c1-35-27-51-59-52(28-35)63(42-22-18-40(19-23-42)60(2,3)4)50-33-58-57(64-34-65-58)32-48(50)61(59)47-29-37(39-16-25-46-44-10-6-8-12-54(44)67-56(46)31-39)17-26-49(47)62(51)41-20-13-36(14-21-41)38-15-24-45-43-9-5-7-11-53(43)66-55(45)30-38/h5-33H,34H2,1-4H3. The van der Waals surface area contributed by atoms with Crippen molar-refractivity contribution in [3.8, 4) is 33.8 Å². The van der Waals surface area contributed by atoms with Gasteiger partial charge in [0.1, 0.15) is 22.3 Å². The average Bonchev–Trinajstić information content (AvgIpc) is 4.07. The molecule has 14 rings (SSSR count). The fourth-order valence-corrected chi connectivity index (χ4v) is 11.0. The van der Waals surface area contributed by atoms with Gasteiger partial charge in [0.15, 0.2) is 11.5 Å². The Labute approximate surface area is 388 Å². The van der Waals surface area contributed by atoms with Crippen LogP contribution in [-0.4, -0.2) is 13.5 Å². The number of rotatable bonds is 4. The highest BCUT2D eigenvalue weighted by molar-refractivity contribution is 7.00. The van der Waals surface area contributed by atoms with Gasteiger partial charge in [0.05, 0.1) is 0 Å². The Balaban J connectivity index is 0.977. The summed E-state index contributed by atoms with van der Waals surface area (Å²) in [7, 11) is 0. The first-order chi connectivity index (χ1) is 32.7. The van der Waals surface area contributed by atoms with Gasteiger partial charge in [-0.25, -0.2) is 0 Å². The molecule has 0 atom stereocenters. The van der Waals surface area contributed by atoms with Crippen LogP contribution in [0.25, 0.3) is 66.1 Å². The van der Waals surface area contributed by atoms with Crippen LogP contribution in [0.4, 0.5) is 34.1 Å². The molecule has 320 valence electrons. The molecular weight excluding hydrogens is 823 g/mol. The van der Waals surface area contributed by atoms with Gasteiger partial charge in [0, 0.05) is 61.7 Å². The molecule has 0 amide bonds. The molecule has 0 aliphatic carbocycles. The molecule has 0 fully saturated rings. The molecule has 0 saturated carbocycles. The fourth-order valence-electron chi connectivity index (χ4n) is 11.0. The zero-order valence-corrected chi connectivity index (χ0v) is 37.6. The third-order valence-electron chi connectivity index (χ3n) is 14.2. The first kappa shape index (κ1) is 38.1. The van der Waals surface area contributed by atoms with Gasteiger partial charge in [-0.3, -0.25) is 0 Å². The van der Waals surface area contributed by atoms with Crippen molar-refractivity contribution in [3.63, 3.8) is 0 Å². The molecule has 67 heavy (non-hydrogen) atoms. The van der Waals surface area contributed by atoms with Gasteiger partial charge in [-0.15, -0.1) is 0 Å². The summed E-state index contributed by atoms with van der Waals surface area (Å²) < 4.78 is 25.0. The Hall–Kier alpha value is -8.16. The fraction of sp³-hybridized carbons (Fsp3) is 0.100. The van der Waals surface area contributed by atoms with Crippen LogP contribution in [0.3, 0.4) is 0 Å². The van der Waals surface area contributed by atoms with E-state index in [1.807, 2.05) is 24.3 Å². The molecule has 3 aliphatic heterocycles. The van der Waals surface area contributed by atoms with E-state index in [1.54, 1.807) is 0 Å². The minimum absolute atomic E-state index is 0.0184. The summed E-state index contributed by atoms with van der Waals surface area (Å²) in [5.74, 6) is 1.53. The molecule has 0 spiro atoms. The van der Waals surface area contributed by atoms with Crippen LogP contribution >= 0.6 is 0 Å². The summed E-state index contributed by atoms with van der Waals surface area (Å²) in [6.07, 6.45) is 0. The number of hydrogen-bond acceptors (Lipinski definition) is 6. The molecule has 0 N–H and O–H groups in total. The van der Waals surface area contributed by atoms with Crippen LogP contribution in [0.15, 0.2) is 185 Å². The van der Waals surface area contributed by atoms with E-state index in [0.29, 0.717) is 0 Å². The van der Waals surface area contributed by atoms with Gasteiger partial charge in [0.2, 0.25) is 6.79 Å². The van der Waals surface area contributed by atoms with Gasteiger partial charge in [-0.05, 0) is 147 Å². The van der Waals surface area contributed by atoms with Gasteiger partial charge >= 0.3 is 0 Å². The third kappa shape index (κ3) is 5.77. The number of nitrogens with zero attached hydrogens (tertiary/aromatic N) is 2. The highest BCUT2D eigenvalue weighted by atomic mass is 16.7. The predicted octanol–water partition coefficient (Wildman–Crippen LogP) is 14.2. The van der Waals surface area contributed by atoms with Crippen molar-refractivity contribution in [2.75, 3.05) is 16.6 Å². The summed E-state index contributed by atoms with van der Waals surface area (Å²) >= 11 is 0. The molecule has 0 saturated heterocycles. The van der Waals surface area contributed by atoms with E-state index in [-0.39, 0.29) is 18.9 Å². The zero-order chi connectivity index (χ0) is 44.7. The van der Waals surface area contributed by atoms with E-state index in [0.717, 1.165) is 112 Å². The lowest BCUT2D eigenvalue weighted by Crippen LogP contribution is -2.61. The molecule has 2 aromatic heterocycles. The van der Waals surface area contributed by atoms with Crippen molar-refractivity contribution < 1.29 is 18.3 Å². The third-order valence-corrected chi connectivity index (χ3v) is 14.2. The molecule has 0 bridgehead atoms. The summed E-state index contributed by atoms with van der Waals surface area (Å²) in [6, 6.07) is 63.9. The molecule has 0 radical (unpaired) electrons. The SMILES string of the molecule is Cc1cc2c3c(c1)N(c1ccc(C(C)(C)C)cc1)c1cc4c(cc1B3c1cc(-c3ccc5c(c3)oc3ccccc35)ccc1N2c1ccc(-c2ccc3c(c2)oc2ccccc23)cc1)OCO4. The highest BCUT2D eigenvalue weighted by Crippen LogP contribution is 2.48. The van der Waals surface area contributed by atoms with E-state index >= 15 is 0 Å². The van der Waals surface area contributed by atoms with Crippen molar-refractivity contribution in [1.29, 1.82) is 0 Å². The number of benzene rings is 9. The second-order valence-corrected chi connectivity index (χ2v) is 19.3. The molecule has 6 nitrogen and oxygen atoms in total. The Morgan fingerprint density at radius 1 is 0.433 bits per heavy atom. The summed E-state index contributed by atoms with van der Waals surface area (Å²) in [4.78, 5) is 4.90. The lowest BCUT2D eigenvalue weighted by atomic mass is 9.33. The van der Waals surface area contributed by atoms with Gasteiger partial charge in [0.25, 0.3) is 6.71 Å². The normalized spacial score (nSPS) is 13.8. The van der Waals surface area contributed by atoms with E-state index in [2.05, 4.69) is 189 Å². The first-order valence-electron chi connectivity index (χ1n) is 23.1. The summed E-state index contributed by atoms with van der Waals surface area (Å²) in [5.41, 5.74) is 20.8. The Kier molecular flexibility index (Phi) is 7.93. The average molecular weight is 867 g/mol. The largest absolute Gasteiger partial charge is 0.456 e. The highest BCUT2D eigenvalue weighted by Gasteiger charge is 2.44. The Bertz CT molecular complexity index is 3860. The number of furan rings is 2. The predicted molar refractivity (Wildman–Crippen MR) is 275 cm³/mol. The molecule has 9 aromatic carbocycles. The van der Waals surface area contributed by atoms with Gasteiger partial charge < -0.3 is 28.1 Å². The van der Waals surface area contributed by atoms with Crippen LogP contribution in [0.5, 0.6) is 11.5 Å². The maximum atomic E-state index is 6.43. The quantitative estimate of drug-likeness (QED) is 0.164. The van der Waals surface area contributed by atoms with E-state index < -0.39 is 0 Å².